The molecule has 0 radical (unpaired) electrons. The molecule has 130 valence electrons. The fraction of sp³-hybridized carbons (Fsp3) is 0.222. The third kappa shape index (κ3) is 2.83. The molecule has 1 aliphatic rings. The van der Waals surface area contributed by atoms with Crippen LogP contribution in [0.5, 0.6) is 0 Å². The van der Waals surface area contributed by atoms with Crippen LogP contribution in [0.25, 0.3) is 11.4 Å². The highest BCUT2D eigenvalue weighted by Crippen LogP contribution is 2.33. The number of rotatable bonds is 4. The number of fused-ring (bicyclic) bond motifs is 1. The second-order valence-electron chi connectivity index (χ2n) is 6.22. The Morgan fingerprint density at radius 1 is 1.27 bits per heavy atom. The van der Waals surface area contributed by atoms with Crippen molar-refractivity contribution in [3.05, 3.63) is 70.5 Å². The summed E-state index contributed by atoms with van der Waals surface area (Å²) in [5.41, 5.74) is 3.13. The number of nitrogens with one attached hydrogen (secondary N) is 1. The Morgan fingerprint density at radius 3 is 3.04 bits per heavy atom. The van der Waals surface area contributed by atoms with Crippen LogP contribution in [0, 0.1) is 0 Å². The molecule has 7 nitrogen and oxygen atoms in total. The normalized spacial score (nSPS) is 17.3. The SMILES string of the molecule is c1csc(CN2Cc3[nH]cnc3C[C@H]2c2nc(-c3ccncc3)no2)c1. The molecule has 0 fully saturated rings. The number of nitrogens with zero attached hydrogens (tertiary/aromatic N) is 5. The molecule has 8 heteroatoms. The van der Waals surface area contributed by atoms with E-state index in [1.54, 1.807) is 30.1 Å². The van der Waals surface area contributed by atoms with Crippen LogP contribution in [0.15, 0.2) is 52.9 Å². The monoisotopic (exact) mass is 364 g/mol. The first-order valence-electron chi connectivity index (χ1n) is 8.38. The number of pyridine rings is 1. The summed E-state index contributed by atoms with van der Waals surface area (Å²) in [4.78, 5) is 20.1. The van der Waals surface area contributed by atoms with Gasteiger partial charge in [-0.15, -0.1) is 11.3 Å². The number of aromatic amines is 1. The molecule has 0 amide bonds. The number of H-pyrrole nitrogens is 1. The van der Waals surface area contributed by atoms with Crippen LogP contribution in [-0.2, 0) is 19.5 Å². The van der Waals surface area contributed by atoms with Gasteiger partial charge in [0.1, 0.15) is 0 Å². The van der Waals surface area contributed by atoms with E-state index in [4.69, 9.17) is 4.52 Å². The van der Waals surface area contributed by atoms with E-state index in [-0.39, 0.29) is 6.04 Å². The predicted octanol–water partition coefficient (Wildman–Crippen LogP) is 3.22. The molecule has 0 bridgehead atoms. The molecule has 0 spiro atoms. The lowest BCUT2D eigenvalue weighted by atomic mass is 10.0. The van der Waals surface area contributed by atoms with Crippen molar-refractivity contribution in [2.45, 2.75) is 25.6 Å². The van der Waals surface area contributed by atoms with Gasteiger partial charge in [-0.25, -0.2) is 4.98 Å². The van der Waals surface area contributed by atoms with E-state index in [9.17, 15) is 0 Å². The highest BCUT2D eigenvalue weighted by Gasteiger charge is 2.33. The molecular weight excluding hydrogens is 348 g/mol. The zero-order chi connectivity index (χ0) is 17.3. The van der Waals surface area contributed by atoms with Gasteiger partial charge in [0.15, 0.2) is 0 Å². The molecule has 0 saturated carbocycles. The highest BCUT2D eigenvalue weighted by atomic mass is 32.1. The van der Waals surface area contributed by atoms with Gasteiger partial charge in [-0.3, -0.25) is 9.88 Å². The van der Waals surface area contributed by atoms with Gasteiger partial charge in [0.05, 0.1) is 23.8 Å². The maximum absolute atomic E-state index is 5.64. The molecule has 1 N–H and O–H groups in total. The molecule has 4 aromatic heterocycles. The van der Waals surface area contributed by atoms with Crippen molar-refractivity contribution >= 4 is 11.3 Å². The van der Waals surface area contributed by atoms with Gasteiger partial charge >= 0.3 is 0 Å². The highest BCUT2D eigenvalue weighted by molar-refractivity contribution is 7.09. The molecule has 0 saturated heterocycles. The standard InChI is InChI=1S/C18H16N6OS/c1-2-13(26-7-1)9-24-10-15-14(20-11-21-15)8-16(24)18-22-17(23-25-18)12-3-5-19-6-4-12/h1-7,11,16H,8-10H2,(H,20,21)/t16-/m0/s1. The average Bonchev–Trinajstić information content (AvgIpc) is 3.43. The topological polar surface area (TPSA) is 83.7 Å². The summed E-state index contributed by atoms with van der Waals surface area (Å²) in [5, 5.41) is 6.27. The van der Waals surface area contributed by atoms with Gasteiger partial charge < -0.3 is 9.51 Å². The zero-order valence-corrected chi connectivity index (χ0v) is 14.7. The van der Waals surface area contributed by atoms with Crippen molar-refractivity contribution in [2.75, 3.05) is 0 Å². The van der Waals surface area contributed by atoms with Gasteiger partial charge in [0.2, 0.25) is 11.7 Å². The second-order valence-corrected chi connectivity index (χ2v) is 7.26. The fourth-order valence-electron chi connectivity index (χ4n) is 3.29. The van der Waals surface area contributed by atoms with Crippen LogP contribution in [0.4, 0.5) is 0 Å². The van der Waals surface area contributed by atoms with Crippen molar-refractivity contribution in [2.24, 2.45) is 0 Å². The second kappa shape index (κ2) is 6.47. The van der Waals surface area contributed by atoms with Gasteiger partial charge in [-0.05, 0) is 23.6 Å². The Labute approximate surface area is 153 Å². The molecule has 5 heterocycles. The summed E-state index contributed by atoms with van der Waals surface area (Å²) in [5.74, 6) is 1.22. The molecule has 26 heavy (non-hydrogen) atoms. The van der Waals surface area contributed by atoms with Gasteiger partial charge in [-0.2, -0.15) is 4.98 Å². The van der Waals surface area contributed by atoms with Gasteiger partial charge in [0, 0.05) is 42.3 Å². The minimum absolute atomic E-state index is 0.0102. The number of imidazole rings is 1. The number of hydrogen-bond acceptors (Lipinski definition) is 7. The molecule has 0 unspecified atom stereocenters. The van der Waals surface area contributed by atoms with E-state index >= 15 is 0 Å². The molecule has 1 atom stereocenters. The van der Waals surface area contributed by atoms with Crippen molar-refractivity contribution in [1.82, 2.24) is 30.0 Å². The Hall–Kier alpha value is -2.84. The summed E-state index contributed by atoms with van der Waals surface area (Å²) < 4.78 is 5.64. The van der Waals surface area contributed by atoms with Crippen molar-refractivity contribution in [3.8, 4) is 11.4 Å². The molecule has 4 aromatic rings. The summed E-state index contributed by atoms with van der Waals surface area (Å²) in [6.45, 7) is 1.62. The largest absolute Gasteiger partial charge is 0.347 e. The predicted molar refractivity (Wildman–Crippen MR) is 96.1 cm³/mol. The van der Waals surface area contributed by atoms with Crippen LogP contribution in [0.3, 0.4) is 0 Å². The number of aromatic nitrogens is 5. The number of thiophene rings is 1. The van der Waals surface area contributed by atoms with E-state index in [2.05, 4.69) is 47.5 Å². The van der Waals surface area contributed by atoms with E-state index < -0.39 is 0 Å². The summed E-state index contributed by atoms with van der Waals surface area (Å²) >= 11 is 1.76. The lowest BCUT2D eigenvalue weighted by molar-refractivity contribution is 0.129. The molecular formula is C18H16N6OS. The van der Waals surface area contributed by atoms with Crippen LogP contribution in [-0.4, -0.2) is 30.0 Å². The first-order valence-corrected chi connectivity index (χ1v) is 9.26. The Balaban J connectivity index is 1.48. The first-order chi connectivity index (χ1) is 12.9. The molecule has 1 aliphatic heterocycles. The Kier molecular flexibility index (Phi) is 3.84. The smallest absolute Gasteiger partial charge is 0.244 e. The zero-order valence-electron chi connectivity index (χ0n) is 13.9. The minimum atomic E-state index is 0.0102. The van der Waals surface area contributed by atoms with Crippen molar-refractivity contribution < 1.29 is 4.52 Å². The van der Waals surface area contributed by atoms with Gasteiger partial charge in [0.25, 0.3) is 0 Å². The van der Waals surface area contributed by atoms with Crippen LogP contribution in [0.2, 0.25) is 0 Å². The minimum Gasteiger partial charge on any atom is -0.347 e. The van der Waals surface area contributed by atoms with E-state index in [0.717, 1.165) is 36.5 Å². The van der Waals surface area contributed by atoms with Crippen molar-refractivity contribution in [1.29, 1.82) is 0 Å². The quantitative estimate of drug-likeness (QED) is 0.599. The van der Waals surface area contributed by atoms with Crippen LogP contribution in [0.1, 0.15) is 28.2 Å². The van der Waals surface area contributed by atoms with Crippen molar-refractivity contribution in [3.63, 3.8) is 0 Å². The van der Waals surface area contributed by atoms with Gasteiger partial charge in [-0.1, -0.05) is 11.2 Å². The van der Waals surface area contributed by atoms with Crippen LogP contribution >= 0.6 is 11.3 Å². The molecule has 5 rings (SSSR count). The third-order valence-corrected chi connectivity index (χ3v) is 5.46. The first kappa shape index (κ1) is 15.4. The number of hydrogen-bond donors (Lipinski definition) is 1. The summed E-state index contributed by atoms with van der Waals surface area (Å²) in [7, 11) is 0. The molecule has 0 aromatic carbocycles. The van der Waals surface area contributed by atoms with Crippen LogP contribution < -0.4 is 0 Å². The lowest BCUT2D eigenvalue weighted by Crippen LogP contribution is -2.34. The average molecular weight is 364 g/mol. The third-order valence-electron chi connectivity index (χ3n) is 4.60. The summed E-state index contributed by atoms with van der Waals surface area (Å²) in [6, 6.07) is 8.00. The maximum atomic E-state index is 5.64. The Bertz CT molecular complexity index is 994. The lowest BCUT2D eigenvalue weighted by Gasteiger charge is -2.32. The fourth-order valence-corrected chi connectivity index (χ4v) is 4.02. The molecule has 0 aliphatic carbocycles. The van der Waals surface area contributed by atoms with E-state index in [0.29, 0.717) is 11.7 Å². The van der Waals surface area contributed by atoms with E-state index in [1.807, 2.05) is 12.1 Å². The van der Waals surface area contributed by atoms with E-state index in [1.165, 1.54) is 4.88 Å². The summed E-state index contributed by atoms with van der Waals surface area (Å²) in [6.07, 6.45) is 5.96. The maximum Gasteiger partial charge on any atom is 0.244 e. The Morgan fingerprint density at radius 2 is 2.19 bits per heavy atom.